The molecule has 0 spiro atoms. The van der Waals surface area contributed by atoms with Crippen LogP contribution in [0.3, 0.4) is 0 Å². The molecule has 4 rings (SSSR count). The zero-order valence-corrected chi connectivity index (χ0v) is 13.5. The van der Waals surface area contributed by atoms with Crippen LogP contribution < -0.4 is 14.2 Å². The van der Waals surface area contributed by atoms with E-state index in [-0.39, 0.29) is 11.7 Å². The number of furan rings is 1. The maximum absolute atomic E-state index is 10.3. The number of rotatable bonds is 3. The summed E-state index contributed by atoms with van der Waals surface area (Å²) in [5, 5.41) is 11.3. The third kappa shape index (κ3) is 2.16. The van der Waals surface area contributed by atoms with Gasteiger partial charge in [0.15, 0.2) is 11.5 Å². The van der Waals surface area contributed by atoms with Crippen molar-refractivity contribution in [3.63, 3.8) is 0 Å². The Labute approximate surface area is 139 Å². The number of ether oxygens (including phenoxy) is 3. The number of fused-ring (bicyclic) bond motifs is 3. The normalized spacial score (nSPS) is 16.5. The van der Waals surface area contributed by atoms with Crippen LogP contribution in [0.1, 0.15) is 17.0 Å². The number of phenolic OH excluding ortho intramolecular Hbond substituents is 1. The minimum atomic E-state index is 0.0218. The third-order valence-electron chi connectivity index (χ3n) is 4.55. The molecule has 1 aliphatic rings. The van der Waals surface area contributed by atoms with Gasteiger partial charge in [0.2, 0.25) is 5.75 Å². The SMILES string of the molecule is COc1ccc([C@H]2COc3c(ccc4occc34)C2)c(OC)c1O. The number of methoxy groups -OCH3 is 2. The highest BCUT2D eigenvalue weighted by molar-refractivity contribution is 5.85. The van der Waals surface area contributed by atoms with E-state index in [4.69, 9.17) is 18.6 Å². The topological polar surface area (TPSA) is 61.1 Å². The molecule has 0 saturated carbocycles. The molecule has 0 amide bonds. The van der Waals surface area contributed by atoms with Gasteiger partial charge in [-0.15, -0.1) is 0 Å². The van der Waals surface area contributed by atoms with Gasteiger partial charge in [-0.1, -0.05) is 12.1 Å². The quantitative estimate of drug-likeness (QED) is 0.791. The third-order valence-corrected chi connectivity index (χ3v) is 4.55. The first kappa shape index (κ1) is 14.8. The number of aromatic hydroxyl groups is 1. The van der Waals surface area contributed by atoms with E-state index >= 15 is 0 Å². The maximum Gasteiger partial charge on any atom is 0.201 e. The zero-order valence-electron chi connectivity index (χ0n) is 13.5. The molecule has 0 fully saturated rings. The van der Waals surface area contributed by atoms with E-state index in [2.05, 4.69) is 0 Å². The minimum Gasteiger partial charge on any atom is -0.502 e. The van der Waals surface area contributed by atoms with Gasteiger partial charge in [0, 0.05) is 11.5 Å². The van der Waals surface area contributed by atoms with Crippen molar-refractivity contribution < 1.29 is 23.7 Å². The van der Waals surface area contributed by atoms with Crippen molar-refractivity contribution in [2.45, 2.75) is 12.3 Å². The van der Waals surface area contributed by atoms with E-state index < -0.39 is 0 Å². The smallest absolute Gasteiger partial charge is 0.201 e. The Bertz CT molecular complexity index is 896. The van der Waals surface area contributed by atoms with Crippen LogP contribution in [0.5, 0.6) is 23.0 Å². The van der Waals surface area contributed by atoms with Gasteiger partial charge in [0.25, 0.3) is 0 Å². The maximum atomic E-state index is 10.3. The lowest BCUT2D eigenvalue weighted by atomic mass is 9.89. The Morgan fingerprint density at radius 1 is 1.08 bits per heavy atom. The predicted octanol–water partition coefficient (Wildman–Crippen LogP) is 3.87. The van der Waals surface area contributed by atoms with Crippen molar-refractivity contribution in [1.29, 1.82) is 0 Å². The summed E-state index contributed by atoms with van der Waals surface area (Å²) >= 11 is 0. The van der Waals surface area contributed by atoms with Crippen molar-refractivity contribution >= 4 is 11.0 Å². The van der Waals surface area contributed by atoms with E-state index in [0.29, 0.717) is 18.1 Å². The van der Waals surface area contributed by atoms with E-state index in [9.17, 15) is 5.11 Å². The molecule has 0 radical (unpaired) electrons. The van der Waals surface area contributed by atoms with Gasteiger partial charge in [-0.05, 0) is 30.2 Å². The average molecular weight is 326 g/mol. The monoisotopic (exact) mass is 326 g/mol. The fourth-order valence-electron chi connectivity index (χ4n) is 3.37. The van der Waals surface area contributed by atoms with Crippen LogP contribution >= 0.6 is 0 Å². The first-order valence-corrected chi connectivity index (χ1v) is 7.78. The summed E-state index contributed by atoms with van der Waals surface area (Å²) in [7, 11) is 3.06. The van der Waals surface area contributed by atoms with Gasteiger partial charge in [0.1, 0.15) is 11.3 Å². The molecule has 1 aliphatic heterocycles. The lowest BCUT2D eigenvalue weighted by molar-refractivity contribution is 0.260. The van der Waals surface area contributed by atoms with Crippen LogP contribution in [0.15, 0.2) is 41.0 Å². The molecule has 0 unspecified atom stereocenters. The molecular weight excluding hydrogens is 308 g/mol. The Balaban J connectivity index is 1.73. The van der Waals surface area contributed by atoms with Crippen molar-refractivity contribution in [3.05, 3.63) is 47.7 Å². The first-order valence-electron chi connectivity index (χ1n) is 7.78. The molecule has 1 N–H and O–H groups in total. The molecule has 2 heterocycles. The highest BCUT2D eigenvalue weighted by atomic mass is 16.5. The molecule has 0 saturated heterocycles. The van der Waals surface area contributed by atoms with E-state index in [1.165, 1.54) is 7.11 Å². The largest absolute Gasteiger partial charge is 0.502 e. The average Bonchev–Trinajstić information content (AvgIpc) is 3.10. The van der Waals surface area contributed by atoms with Crippen molar-refractivity contribution in [2.24, 2.45) is 0 Å². The fourth-order valence-corrected chi connectivity index (χ4v) is 3.37. The Kier molecular flexibility index (Phi) is 3.49. The van der Waals surface area contributed by atoms with Crippen LogP contribution in [0.4, 0.5) is 0 Å². The van der Waals surface area contributed by atoms with Gasteiger partial charge in [-0.25, -0.2) is 0 Å². The van der Waals surface area contributed by atoms with Crippen LogP contribution in [0, 0.1) is 0 Å². The van der Waals surface area contributed by atoms with Crippen LogP contribution in [-0.2, 0) is 6.42 Å². The molecule has 124 valence electrons. The summed E-state index contributed by atoms with van der Waals surface area (Å²) < 4.78 is 22.0. The molecule has 5 heteroatoms. The fraction of sp³-hybridized carbons (Fsp3) is 0.263. The number of hydrogen-bond acceptors (Lipinski definition) is 5. The van der Waals surface area contributed by atoms with E-state index in [0.717, 1.165) is 34.3 Å². The number of phenols is 1. The zero-order chi connectivity index (χ0) is 16.7. The Hall–Kier alpha value is -2.82. The standard InChI is InChI=1S/C19H18O5/c1-21-16-6-4-13(19(22-2)17(16)20)12-9-11-3-5-15-14(7-8-23-15)18(11)24-10-12/h3-8,12,20H,9-10H2,1-2H3/t12-/m1/s1. The predicted molar refractivity (Wildman–Crippen MR) is 89.4 cm³/mol. The van der Waals surface area contributed by atoms with E-state index in [1.807, 2.05) is 24.3 Å². The summed E-state index contributed by atoms with van der Waals surface area (Å²) in [5.41, 5.74) is 2.86. The van der Waals surface area contributed by atoms with Gasteiger partial charge >= 0.3 is 0 Å². The Morgan fingerprint density at radius 3 is 2.75 bits per heavy atom. The summed E-state index contributed by atoms with van der Waals surface area (Å²) in [4.78, 5) is 0. The minimum absolute atomic E-state index is 0.0218. The van der Waals surface area contributed by atoms with Gasteiger partial charge in [-0.2, -0.15) is 0 Å². The highest BCUT2D eigenvalue weighted by Crippen LogP contribution is 2.45. The number of benzene rings is 2. The summed E-state index contributed by atoms with van der Waals surface area (Å²) in [6.07, 6.45) is 2.48. The summed E-state index contributed by atoms with van der Waals surface area (Å²) in [5.74, 6) is 1.83. The number of hydrogen-bond donors (Lipinski definition) is 1. The van der Waals surface area contributed by atoms with E-state index in [1.54, 1.807) is 19.4 Å². The molecule has 0 aliphatic carbocycles. The first-order chi connectivity index (χ1) is 11.7. The molecule has 1 aromatic heterocycles. The van der Waals surface area contributed by atoms with Crippen molar-refractivity contribution in [1.82, 2.24) is 0 Å². The van der Waals surface area contributed by atoms with Crippen molar-refractivity contribution in [2.75, 3.05) is 20.8 Å². The summed E-state index contributed by atoms with van der Waals surface area (Å²) in [6, 6.07) is 9.59. The molecule has 24 heavy (non-hydrogen) atoms. The Morgan fingerprint density at radius 2 is 1.96 bits per heavy atom. The lowest BCUT2D eigenvalue weighted by Gasteiger charge is -2.27. The van der Waals surface area contributed by atoms with Crippen LogP contribution in [0.2, 0.25) is 0 Å². The molecule has 0 bridgehead atoms. The molecular formula is C19H18O5. The summed E-state index contributed by atoms with van der Waals surface area (Å²) in [6.45, 7) is 0.513. The van der Waals surface area contributed by atoms with Crippen LogP contribution in [-0.4, -0.2) is 25.9 Å². The van der Waals surface area contributed by atoms with Gasteiger partial charge < -0.3 is 23.7 Å². The molecule has 1 atom stereocenters. The van der Waals surface area contributed by atoms with Crippen molar-refractivity contribution in [3.8, 4) is 23.0 Å². The van der Waals surface area contributed by atoms with Gasteiger partial charge in [0.05, 0.1) is 32.5 Å². The second-order valence-electron chi connectivity index (χ2n) is 5.84. The molecule has 3 aromatic rings. The second kappa shape index (κ2) is 5.67. The highest BCUT2D eigenvalue weighted by Gasteiger charge is 2.27. The lowest BCUT2D eigenvalue weighted by Crippen LogP contribution is -2.20. The van der Waals surface area contributed by atoms with Crippen LogP contribution in [0.25, 0.3) is 11.0 Å². The van der Waals surface area contributed by atoms with Gasteiger partial charge in [-0.3, -0.25) is 0 Å². The molecule has 5 nitrogen and oxygen atoms in total. The molecule has 2 aromatic carbocycles. The second-order valence-corrected chi connectivity index (χ2v) is 5.84.